The van der Waals surface area contributed by atoms with Crippen molar-refractivity contribution in [2.45, 2.75) is 33.2 Å². The van der Waals surface area contributed by atoms with E-state index in [2.05, 4.69) is 47.0 Å². The molecule has 1 heterocycles. The van der Waals surface area contributed by atoms with Gasteiger partial charge in [-0.15, -0.1) is 0 Å². The molecule has 1 unspecified atom stereocenters. The zero-order chi connectivity index (χ0) is 13.8. The molecule has 4 nitrogen and oxygen atoms in total. The summed E-state index contributed by atoms with van der Waals surface area (Å²) in [6.07, 6.45) is 2.33. The minimum absolute atomic E-state index is 0.0232. The summed E-state index contributed by atoms with van der Waals surface area (Å²) in [5, 5.41) is 3.80. The Morgan fingerprint density at radius 2 is 2.17 bits per heavy atom. The minimum Gasteiger partial charge on any atom is -0.349 e. The van der Waals surface area contributed by atoms with Crippen molar-refractivity contribution in [2.75, 3.05) is 5.33 Å². The Balaban J connectivity index is 2.82. The fourth-order valence-electron chi connectivity index (χ4n) is 1.66. The van der Waals surface area contributed by atoms with Gasteiger partial charge < -0.3 is 10.3 Å². The average Bonchev–Trinajstić information content (AvgIpc) is 2.27. The highest BCUT2D eigenvalue weighted by molar-refractivity contribution is 9.09. The molecular weight excluding hydrogens is 296 g/mol. The van der Waals surface area contributed by atoms with Gasteiger partial charge in [0, 0.05) is 29.2 Å². The van der Waals surface area contributed by atoms with Crippen LogP contribution < -0.4 is 10.9 Å². The molecule has 2 N–H and O–H groups in total. The van der Waals surface area contributed by atoms with Gasteiger partial charge in [0.2, 0.25) is 5.56 Å². The molecule has 0 aliphatic heterocycles. The first-order valence-corrected chi connectivity index (χ1v) is 7.02. The summed E-state index contributed by atoms with van der Waals surface area (Å²) in [5.74, 6) is -0.207. The molecule has 18 heavy (non-hydrogen) atoms. The van der Waals surface area contributed by atoms with E-state index in [1.54, 1.807) is 6.07 Å². The smallest absolute Gasteiger partial charge is 0.251 e. The van der Waals surface area contributed by atoms with Crippen LogP contribution >= 0.6 is 15.9 Å². The van der Waals surface area contributed by atoms with Crippen LogP contribution in [-0.2, 0) is 0 Å². The van der Waals surface area contributed by atoms with Crippen molar-refractivity contribution in [3.8, 4) is 0 Å². The molecule has 100 valence electrons. The summed E-state index contributed by atoms with van der Waals surface area (Å²) >= 11 is 3.39. The summed E-state index contributed by atoms with van der Waals surface area (Å²) in [5.41, 5.74) is 0.1000. The van der Waals surface area contributed by atoms with Crippen molar-refractivity contribution in [1.82, 2.24) is 10.3 Å². The van der Waals surface area contributed by atoms with Gasteiger partial charge in [0.25, 0.3) is 5.91 Å². The molecule has 5 heteroatoms. The summed E-state index contributed by atoms with van der Waals surface area (Å²) in [7, 11) is 0. The molecule has 1 amide bonds. The van der Waals surface area contributed by atoms with E-state index < -0.39 is 0 Å². The number of halogens is 1. The van der Waals surface area contributed by atoms with E-state index in [4.69, 9.17) is 0 Å². The van der Waals surface area contributed by atoms with E-state index in [0.717, 1.165) is 11.8 Å². The Morgan fingerprint density at radius 1 is 1.50 bits per heavy atom. The maximum Gasteiger partial charge on any atom is 0.251 e. The molecule has 0 fully saturated rings. The number of aromatic nitrogens is 1. The predicted octanol–water partition coefficient (Wildman–Crippen LogP) is 2.30. The first-order valence-electron chi connectivity index (χ1n) is 5.90. The lowest BCUT2D eigenvalue weighted by atomic mass is 9.85. The molecule has 1 atom stereocenters. The molecule has 1 aromatic heterocycles. The number of amides is 1. The summed E-state index contributed by atoms with van der Waals surface area (Å²) in [6.45, 7) is 6.25. The van der Waals surface area contributed by atoms with Gasteiger partial charge in [-0.3, -0.25) is 9.59 Å². The monoisotopic (exact) mass is 314 g/mol. The lowest BCUT2D eigenvalue weighted by molar-refractivity contribution is 0.0900. The van der Waals surface area contributed by atoms with E-state index >= 15 is 0 Å². The predicted molar refractivity (Wildman–Crippen MR) is 76.2 cm³/mol. The van der Waals surface area contributed by atoms with E-state index in [1.807, 2.05) is 0 Å². The van der Waals surface area contributed by atoms with Crippen molar-refractivity contribution in [2.24, 2.45) is 5.41 Å². The third-order valence-corrected chi connectivity index (χ3v) is 3.24. The number of nitrogens with one attached hydrogen (secondary N) is 2. The third-order valence-electron chi connectivity index (χ3n) is 2.79. The van der Waals surface area contributed by atoms with Crippen LogP contribution in [0.25, 0.3) is 0 Å². The number of carbonyl (C=O) groups is 1. The van der Waals surface area contributed by atoms with E-state index in [9.17, 15) is 9.59 Å². The third kappa shape index (κ3) is 4.29. The number of aromatic amines is 1. The largest absolute Gasteiger partial charge is 0.349 e. The molecule has 0 aliphatic rings. The SMILES string of the molecule is CC(C)(C)C(CCBr)NC(=O)c1cc[nH]c(=O)c1. The van der Waals surface area contributed by atoms with Crippen molar-refractivity contribution in [1.29, 1.82) is 0 Å². The number of alkyl halides is 1. The standard InChI is InChI=1S/C13H19BrN2O2/c1-13(2,3)10(4-6-14)16-12(18)9-5-7-15-11(17)8-9/h5,7-8,10H,4,6H2,1-3H3,(H,15,17)(H,16,18). The maximum absolute atomic E-state index is 12.0. The number of pyridine rings is 1. The number of hydrogen-bond donors (Lipinski definition) is 2. The maximum atomic E-state index is 12.0. The highest BCUT2D eigenvalue weighted by Gasteiger charge is 2.25. The second-order valence-corrected chi connectivity index (χ2v) is 6.10. The Morgan fingerprint density at radius 3 is 2.67 bits per heavy atom. The number of H-pyrrole nitrogens is 1. The zero-order valence-corrected chi connectivity index (χ0v) is 12.5. The normalized spacial score (nSPS) is 13.1. The fraction of sp³-hybridized carbons (Fsp3) is 0.538. The van der Waals surface area contributed by atoms with Crippen LogP contribution in [0.15, 0.2) is 23.1 Å². The highest BCUT2D eigenvalue weighted by atomic mass is 79.9. The summed E-state index contributed by atoms with van der Waals surface area (Å²) < 4.78 is 0. The van der Waals surface area contributed by atoms with Gasteiger partial charge in [0.1, 0.15) is 0 Å². The van der Waals surface area contributed by atoms with Gasteiger partial charge in [-0.25, -0.2) is 0 Å². The molecule has 1 aromatic rings. The lowest BCUT2D eigenvalue weighted by Gasteiger charge is -2.31. The molecule has 0 aromatic carbocycles. The minimum atomic E-state index is -0.268. The average molecular weight is 315 g/mol. The molecule has 0 radical (unpaired) electrons. The van der Waals surface area contributed by atoms with Gasteiger partial charge >= 0.3 is 0 Å². The number of carbonyl (C=O) groups excluding carboxylic acids is 1. The van der Waals surface area contributed by atoms with Crippen LogP contribution in [-0.4, -0.2) is 22.3 Å². The molecule has 0 spiro atoms. The van der Waals surface area contributed by atoms with Gasteiger partial charge in [-0.2, -0.15) is 0 Å². The van der Waals surface area contributed by atoms with E-state index in [1.165, 1.54) is 12.3 Å². The molecular formula is C13H19BrN2O2. The molecule has 0 bridgehead atoms. The van der Waals surface area contributed by atoms with Crippen molar-refractivity contribution >= 4 is 21.8 Å². The van der Waals surface area contributed by atoms with Gasteiger partial charge in [0.15, 0.2) is 0 Å². The van der Waals surface area contributed by atoms with Gasteiger partial charge in [0.05, 0.1) is 0 Å². The second-order valence-electron chi connectivity index (χ2n) is 5.31. The Labute approximate surface area is 115 Å². The van der Waals surface area contributed by atoms with Crippen LogP contribution in [0.2, 0.25) is 0 Å². The Bertz CT molecular complexity index is 463. The highest BCUT2D eigenvalue weighted by Crippen LogP contribution is 2.22. The van der Waals surface area contributed by atoms with Crippen LogP contribution in [0.3, 0.4) is 0 Å². The zero-order valence-electron chi connectivity index (χ0n) is 10.9. The quantitative estimate of drug-likeness (QED) is 0.838. The topological polar surface area (TPSA) is 62.0 Å². The van der Waals surface area contributed by atoms with Gasteiger partial charge in [-0.05, 0) is 17.9 Å². The molecule has 0 saturated carbocycles. The second kappa shape index (κ2) is 6.18. The van der Waals surface area contributed by atoms with Crippen molar-refractivity contribution in [3.05, 3.63) is 34.2 Å². The van der Waals surface area contributed by atoms with E-state index in [0.29, 0.717) is 5.56 Å². The first kappa shape index (κ1) is 15.0. The van der Waals surface area contributed by atoms with Gasteiger partial charge in [-0.1, -0.05) is 36.7 Å². The van der Waals surface area contributed by atoms with E-state index in [-0.39, 0.29) is 22.9 Å². The van der Waals surface area contributed by atoms with Crippen LogP contribution in [0, 0.1) is 5.41 Å². The van der Waals surface area contributed by atoms with Crippen LogP contribution in [0.5, 0.6) is 0 Å². The van der Waals surface area contributed by atoms with Crippen molar-refractivity contribution < 1.29 is 4.79 Å². The van der Waals surface area contributed by atoms with Crippen LogP contribution in [0.4, 0.5) is 0 Å². The first-order chi connectivity index (χ1) is 8.34. The lowest BCUT2D eigenvalue weighted by Crippen LogP contribution is -2.44. The molecule has 1 rings (SSSR count). The molecule has 0 saturated heterocycles. The fourth-order valence-corrected chi connectivity index (χ4v) is 2.12. The summed E-state index contributed by atoms with van der Waals surface area (Å²) in [6, 6.07) is 2.97. The number of hydrogen-bond acceptors (Lipinski definition) is 2. The Hall–Kier alpha value is -1.10. The Kier molecular flexibility index (Phi) is 5.14. The molecule has 0 aliphatic carbocycles. The van der Waals surface area contributed by atoms with Crippen LogP contribution in [0.1, 0.15) is 37.6 Å². The van der Waals surface area contributed by atoms with Crippen molar-refractivity contribution in [3.63, 3.8) is 0 Å². The summed E-state index contributed by atoms with van der Waals surface area (Å²) in [4.78, 5) is 25.7. The number of rotatable bonds is 4.